The zero-order chi connectivity index (χ0) is 20.5. The smallest absolute Gasteiger partial charge is 0.252 e. The van der Waals surface area contributed by atoms with E-state index in [-0.39, 0.29) is 16.2 Å². The van der Waals surface area contributed by atoms with E-state index in [2.05, 4.69) is 5.32 Å². The van der Waals surface area contributed by atoms with Crippen molar-refractivity contribution in [1.29, 1.82) is 0 Å². The van der Waals surface area contributed by atoms with Crippen LogP contribution in [0.25, 0.3) is 0 Å². The predicted molar refractivity (Wildman–Crippen MR) is 114 cm³/mol. The summed E-state index contributed by atoms with van der Waals surface area (Å²) >= 11 is 6.94. The third kappa shape index (κ3) is 4.41. The highest BCUT2D eigenvalue weighted by Crippen LogP contribution is 2.29. The first-order valence-electron chi connectivity index (χ1n) is 9.07. The van der Waals surface area contributed by atoms with Gasteiger partial charge in [-0.3, -0.25) is 9.69 Å². The Balaban J connectivity index is 1.62. The van der Waals surface area contributed by atoms with E-state index >= 15 is 0 Å². The molecule has 0 bridgehead atoms. The molecule has 2 heterocycles. The Morgan fingerprint density at radius 3 is 2.25 bits per heavy atom. The number of hydrogen-bond donors (Lipinski definition) is 1. The van der Waals surface area contributed by atoms with Crippen LogP contribution < -0.4 is 5.32 Å². The van der Waals surface area contributed by atoms with Crippen molar-refractivity contribution in [1.82, 2.24) is 9.21 Å². The molecule has 6 nitrogen and oxygen atoms in total. The van der Waals surface area contributed by atoms with Crippen LogP contribution in [0.4, 0.5) is 5.69 Å². The van der Waals surface area contributed by atoms with Crippen LogP contribution >= 0.6 is 22.9 Å². The fourth-order valence-corrected chi connectivity index (χ4v) is 6.36. The van der Waals surface area contributed by atoms with Crippen LogP contribution in [0.2, 0.25) is 4.34 Å². The van der Waals surface area contributed by atoms with E-state index in [1.807, 2.05) is 43.9 Å². The van der Waals surface area contributed by atoms with E-state index in [9.17, 15) is 13.2 Å². The molecule has 1 N–H and O–H groups in total. The van der Waals surface area contributed by atoms with Crippen molar-refractivity contribution in [3.63, 3.8) is 0 Å². The lowest BCUT2D eigenvalue weighted by atomic mass is 10.1. The Morgan fingerprint density at radius 2 is 1.71 bits per heavy atom. The van der Waals surface area contributed by atoms with E-state index < -0.39 is 10.0 Å². The summed E-state index contributed by atoms with van der Waals surface area (Å²) in [4.78, 5) is 14.7. The van der Waals surface area contributed by atoms with Gasteiger partial charge in [0, 0.05) is 31.9 Å². The van der Waals surface area contributed by atoms with Crippen LogP contribution in [0.3, 0.4) is 0 Å². The number of halogens is 1. The summed E-state index contributed by atoms with van der Waals surface area (Å²) < 4.78 is 27.6. The van der Waals surface area contributed by atoms with Crippen molar-refractivity contribution in [3.8, 4) is 0 Å². The van der Waals surface area contributed by atoms with Gasteiger partial charge in [0.25, 0.3) is 10.0 Å². The summed E-state index contributed by atoms with van der Waals surface area (Å²) in [6, 6.07) is 8.68. The average molecular weight is 442 g/mol. The van der Waals surface area contributed by atoms with Gasteiger partial charge >= 0.3 is 0 Å². The van der Waals surface area contributed by atoms with Gasteiger partial charge in [0.1, 0.15) is 4.21 Å². The van der Waals surface area contributed by atoms with Crippen LogP contribution in [-0.2, 0) is 14.8 Å². The number of carbonyl (C=O) groups is 1. The first-order chi connectivity index (χ1) is 13.2. The number of nitrogens with zero attached hydrogens (tertiary/aromatic N) is 2. The Labute approximate surface area is 175 Å². The van der Waals surface area contributed by atoms with Crippen LogP contribution in [0.5, 0.6) is 0 Å². The summed E-state index contributed by atoms with van der Waals surface area (Å²) in [6.45, 7) is 7.48. The normalized spacial score (nSPS) is 17.4. The van der Waals surface area contributed by atoms with E-state index in [4.69, 9.17) is 11.6 Å². The van der Waals surface area contributed by atoms with Crippen LogP contribution in [0.1, 0.15) is 18.1 Å². The molecule has 28 heavy (non-hydrogen) atoms. The number of anilines is 1. The Bertz CT molecular complexity index is 946. The minimum Gasteiger partial charge on any atom is -0.324 e. The number of thiophene rings is 1. The SMILES string of the molecule is Cc1cccc(C)c1NC(=O)C(C)N1CCN(S(=O)(=O)c2ccc(Cl)s2)CC1. The maximum atomic E-state index is 12.7. The molecule has 1 amide bonds. The zero-order valence-electron chi connectivity index (χ0n) is 16.1. The lowest BCUT2D eigenvalue weighted by Gasteiger charge is -2.36. The zero-order valence-corrected chi connectivity index (χ0v) is 18.5. The van der Waals surface area contributed by atoms with Crippen molar-refractivity contribution in [3.05, 3.63) is 45.8 Å². The number of piperazine rings is 1. The Kier molecular flexibility index (Phi) is 6.46. The summed E-state index contributed by atoms with van der Waals surface area (Å²) in [5.41, 5.74) is 2.88. The van der Waals surface area contributed by atoms with Gasteiger partial charge in [-0.05, 0) is 44.0 Å². The molecular weight excluding hydrogens is 418 g/mol. The predicted octanol–water partition coefficient (Wildman–Crippen LogP) is 3.35. The lowest BCUT2D eigenvalue weighted by Crippen LogP contribution is -2.53. The van der Waals surface area contributed by atoms with Crippen LogP contribution in [-0.4, -0.2) is 55.8 Å². The molecule has 1 unspecified atom stereocenters. The topological polar surface area (TPSA) is 69.7 Å². The molecule has 1 aliphatic rings. The van der Waals surface area contributed by atoms with Crippen molar-refractivity contribution >= 4 is 44.6 Å². The second-order valence-corrected chi connectivity index (χ2v) is 10.8. The van der Waals surface area contributed by atoms with Gasteiger partial charge in [0.05, 0.1) is 10.4 Å². The molecule has 0 radical (unpaired) electrons. The molecule has 1 aliphatic heterocycles. The van der Waals surface area contributed by atoms with Gasteiger partial charge in [0.15, 0.2) is 0 Å². The molecule has 0 aliphatic carbocycles. The number of amides is 1. The van der Waals surface area contributed by atoms with Crippen molar-refractivity contribution in [2.24, 2.45) is 0 Å². The minimum atomic E-state index is -3.53. The largest absolute Gasteiger partial charge is 0.324 e. The number of rotatable bonds is 5. The number of para-hydroxylation sites is 1. The second-order valence-electron chi connectivity index (χ2n) is 6.93. The van der Waals surface area contributed by atoms with Crippen LogP contribution in [0, 0.1) is 13.8 Å². The van der Waals surface area contributed by atoms with E-state index in [0.29, 0.717) is 30.5 Å². The molecule has 3 rings (SSSR count). The van der Waals surface area contributed by atoms with Crippen molar-refractivity contribution < 1.29 is 13.2 Å². The molecule has 1 saturated heterocycles. The van der Waals surface area contributed by atoms with E-state index in [1.54, 1.807) is 6.07 Å². The maximum Gasteiger partial charge on any atom is 0.252 e. The van der Waals surface area contributed by atoms with Gasteiger partial charge in [-0.1, -0.05) is 29.8 Å². The number of carbonyl (C=O) groups excluding carboxylic acids is 1. The van der Waals surface area contributed by atoms with Gasteiger partial charge in [-0.2, -0.15) is 4.31 Å². The van der Waals surface area contributed by atoms with Gasteiger partial charge in [-0.25, -0.2) is 8.42 Å². The van der Waals surface area contributed by atoms with Gasteiger partial charge < -0.3 is 5.32 Å². The first kappa shape index (κ1) is 21.3. The fourth-order valence-electron chi connectivity index (χ4n) is 3.30. The molecule has 2 aromatic rings. The summed E-state index contributed by atoms with van der Waals surface area (Å²) in [5.74, 6) is -0.0845. The molecule has 1 atom stereocenters. The highest BCUT2D eigenvalue weighted by atomic mass is 35.5. The number of nitrogens with one attached hydrogen (secondary N) is 1. The summed E-state index contributed by atoms with van der Waals surface area (Å²) in [5, 5.41) is 3.02. The molecule has 9 heteroatoms. The molecule has 0 spiro atoms. The number of hydrogen-bond acceptors (Lipinski definition) is 5. The molecule has 1 aromatic carbocycles. The molecule has 1 fully saturated rings. The standard InChI is InChI=1S/C19H24ClN3O3S2/c1-13-5-4-6-14(2)18(13)21-19(24)15(3)22-9-11-23(12-10-22)28(25,26)17-8-7-16(20)27-17/h4-8,15H,9-12H2,1-3H3,(H,21,24). The third-order valence-electron chi connectivity index (χ3n) is 5.07. The third-order valence-corrected chi connectivity index (χ3v) is 8.67. The van der Waals surface area contributed by atoms with Gasteiger partial charge in [-0.15, -0.1) is 11.3 Å². The average Bonchev–Trinajstić information content (AvgIpc) is 3.11. The highest BCUT2D eigenvalue weighted by molar-refractivity contribution is 7.91. The Morgan fingerprint density at radius 1 is 1.11 bits per heavy atom. The van der Waals surface area contributed by atoms with E-state index in [0.717, 1.165) is 28.2 Å². The van der Waals surface area contributed by atoms with Crippen molar-refractivity contribution in [2.75, 3.05) is 31.5 Å². The molecular formula is C19H24ClN3O3S2. The monoisotopic (exact) mass is 441 g/mol. The van der Waals surface area contributed by atoms with Crippen LogP contribution in [0.15, 0.2) is 34.5 Å². The Hall–Kier alpha value is -1.45. The quantitative estimate of drug-likeness (QED) is 0.772. The lowest BCUT2D eigenvalue weighted by molar-refractivity contribution is -0.121. The number of sulfonamides is 1. The molecule has 0 saturated carbocycles. The highest BCUT2D eigenvalue weighted by Gasteiger charge is 2.32. The second kappa shape index (κ2) is 8.51. The fraction of sp³-hybridized carbons (Fsp3) is 0.421. The minimum absolute atomic E-state index is 0.0845. The number of benzene rings is 1. The first-order valence-corrected chi connectivity index (χ1v) is 11.7. The maximum absolute atomic E-state index is 12.7. The summed E-state index contributed by atoms with van der Waals surface area (Å²) in [7, 11) is -3.53. The van der Waals surface area contributed by atoms with Crippen molar-refractivity contribution in [2.45, 2.75) is 31.0 Å². The summed E-state index contributed by atoms with van der Waals surface area (Å²) in [6.07, 6.45) is 0. The van der Waals surface area contributed by atoms with E-state index in [1.165, 1.54) is 10.4 Å². The van der Waals surface area contributed by atoms with Gasteiger partial charge in [0.2, 0.25) is 5.91 Å². The molecule has 1 aromatic heterocycles. The molecule has 152 valence electrons. The number of aryl methyl sites for hydroxylation is 2.